The molecule has 1 saturated heterocycles. The van der Waals surface area contributed by atoms with Gasteiger partial charge in [-0.3, -0.25) is 9.59 Å². The third-order valence-electron chi connectivity index (χ3n) is 4.03. The molecule has 6 heteroatoms. The van der Waals surface area contributed by atoms with E-state index in [4.69, 9.17) is 5.11 Å². The minimum Gasteiger partial charge on any atom is -0.478 e. The highest BCUT2D eigenvalue weighted by Gasteiger charge is 2.50. The number of imide groups is 1. The van der Waals surface area contributed by atoms with Crippen molar-refractivity contribution >= 4 is 23.5 Å². The maximum Gasteiger partial charge on any atom is 0.335 e. The standard InChI is InChI=1S/C14H12FNO4/c15-10-6-7(14(19)20)4-5-11(10)16-12(17)8-2-1-3-9(8)13(16)18/h4-6,8-9H,1-3H2,(H,19,20). The Balaban J connectivity index is 1.99. The number of rotatable bonds is 2. The van der Waals surface area contributed by atoms with E-state index in [0.29, 0.717) is 12.8 Å². The van der Waals surface area contributed by atoms with Crippen LogP contribution in [-0.2, 0) is 9.59 Å². The van der Waals surface area contributed by atoms with Crippen LogP contribution >= 0.6 is 0 Å². The molecule has 5 nitrogen and oxygen atoms in total. The number of carboxylic acids is 1. The Morgan fingerprint density at radius 3 is 2.30 bits per heavy atom. The van der Waals surface area contributed by atoms with Crippen LogP contribution in [0.5, 0.6) is 0 Å². The summed E-state index contributed by atoms with van der Waals surface area (Å²) in [5, 5.41) is 8.79. The number of carbonyl (C=O) groups excluding carboxylic acids is 2. The molecule has 1 aliphatic carbocycles. The summed E-state index contributed by atoms with van der Waals surface area (Å²) in [6.45, 7) is 0. The number of halogens is 1. The number of hydrogen-bond donors (Lipinski definition) is 1. The maximum atomic E-state index is 14.0. The fraction of sp³-hybridized carbons (Fsp3) is 0.357. The molecule has 1 aromatic rings. The summed E-state index contributed by atoms with van der Waals surface area (Å²) in [7, 11) is 0. The summed E-state index contributed by atoms with van der Waals surface area (Å²) in [5.74, 6) is -3.57. The molecule has 20 heavy (non-hydrogen) atoms. The Kier molecular flexibility index (Phi) is 2.81. The largest absolute Gasteiger partial charge is 0.478 e. The van der Waals surface area contributed by atoms with Gasteiger partial charge in [0.2, 0.25) is 11.8 Å². The Morgan fingerprint density at radius 1 is 1.20 bits per heavy atom. The maximum absolute atomic E-state index is 14.0. The van der Waals surface area contributed by atoms with Gasteiger partial charge in [0.25, 0.3) is 0 Å². The molecule has 1 saturated carbocycles. The summed E-state index contributed by atoms with van der Waals surface area (Å²) in [6.07, 6.45) is 2.14. The Bertz CT molecular complexity index is 606. The minimum absolute atomic E-state index is 0.153. The van der Waals surface area contributed by atoms with E-state index >= 15 is 0 Å². The number of amides is 2. The highest BCUT2D eigenvalue weighted by atomic mass is 19.1. The molecule has 2 atom stereocenters. The molecule has 2 amide bonds. The van der Waals surface area contributed by atoms with Gasteiger partial charge in [-0.15, -0.1) is 0 Å². The van der Waals surface area contributed by atoms with Crippen LogP contribution in [0.2, 0.25) is 0 Å². The van der Waals surface area contributed by atoms with Crippen molar-refractivity contribution < 1.29 is 23.9 Å². The first-order valence-corrected chi connectivity index (χ1v) is 6.41. The lowest BCUT2D eigenvalue weighted by Crippen LogP contribution is -2.32. The third-order valence-corrected chi connectivity index (χ3v) is 4.03. The molecule has 2 fully saturated rings. The Morgan fingerprint density at radius 2 is 1.80 bits per heavy atom. The zero-order valence-corrected chi connectivity index (χ0v) is 10.5. The quantitative estimate of drug-likeness (QED) is 0.837. The van der Waals surface area contributed by atoms with E-state index in [2.05, 4.69) is 0 Å². The molecule has 1 heterocycles. The SMILES string of the molecule is O=C(O)c1ccc(N2C(=O)C3CCCC3C2=O)c(F)c1. The first-order chi connectivity index (χ1) is 9.50. The Labute approximate surface area is 114 Å². The summed E-state index contributed by atoms with van der Waals surface area (Å²) >= 11 is 0. The van der Waals surface area contributed by atoms with Crippen LogP contribution in [0.25, 0.3) is 0 Å². The number of benzene rings is 1. The van der Waals surface area contributed by atoms with Crippen molar-refractivity contribution in [3.05, 3.63) is 29.6 Å². The van der Waals surface area contributed by atoms with Gasteiger partial charge >= 0.3 is 5.97 Å². The lowest BCUT2D eigenvalue weighted by Gasteiger charge is -2.16. The van der Waals surface area contributed by atoms with Gasteiger partial charge in [0, 0.05) is 0 Å². The van der Waals surface area contributed by atoms with Crippen LogP contribution in [0.1, 0.15) is 29.6 Å². The molecular weight excluding hydrogens is 265 g/mol. The lowest BCUT2D eigenvalue weighted by molar-refractivity contribution is -0.122. The molecule has 2 aliphatic rings. The number of carbonyl (C=O) groups is 3. The highest BCUT2D eigenvalue weighted by Crippen LogP contribution is 2.42. The normalized spacial score (nSPS) is 25.1. The molecule has 1 N–H and O–H groups in total. The smallest absolute Gasteiger partial charge is 0.335 e. The third kappa shape index (κ3) is 1.71. The first-order valence-electron chi connectivity index (χ1n) is 6.41. The van der Waals surface area contributed by atoms with Gasteiger partial charge in [0.15, 0.2) is 0 Å². The second-order valence-corrected chi connectivity index (χ2v) is 5.13. The molecule has 104 valence electrons. The van der Waals surface area contributed by atoms with E-state index in [1.165, 1.54) is 12.1 Å². The number of hydrogen-bond acceptors (Lipinski definition) is 3. The van der Waals surface area contributed by atoms with E-state index in [1.54, 1.807) is 0 Å². The minimum atomic E-state index is -1.26. The summed E-state index contributed by atoms with van der Waals surface area (Å²) in [5.41, 5.74) is -0.370. The second kappa shape index (κ2) is 4.40. The van der Waals surface area contributed by atoms with E-state index in [9.17, 15) is 18.8 Å². The molecule has 3 rings (SSSR count). The van der Waals surface area contributed by atoms with Gasteiger partial charge in [0.1, 0.15) is 5.82 Å². The number of carboxylic acid groups (broad SMARTS) is 1. The first kappa shape index (κ1) is 12.8. The fourth-order valence-corrected chi connectivity index (χ4v) is 3.05. The van der Waals surface area contributed by atoms with Gasteiger partial charge in [0.05, 0.1) is 23.1 Å². The number of anilines is 1. The summed E-state index contributed by atoms with van der Waals surface area (Å²) in [6, 6.07) is 3.19. The van der Waals surface area contributed by atoms with Gasteiger partial charge in [-0.25, -0.2) is 14.1 Å². The van der Waals surface area contributed by atoms with Crippen LogP contribution in [0.3, 0.4) is 0 Å². The second-order valence-electron chi connectivity index (χ2n) is 5.13. The zero-order chi connectivity index (χ0) is 14.4. The van der Waals surface area contributed by atoms with Crippen molar-refractivity contribution in [1.82, 2.24) is 0 Å². The average molecular weight is 277 g/mol. The predicted molar refractivity (Wildman–Crippen MR) is 66.7 cm³/mol. The van der Waals surface area contributed by atoms with Crippen molar-refractivity contribution in [2.45, 2.75) is 19.3 Å². The molecule has 2 unspecified atom stereocenters. The van der Waals surface area contributed by atoms with E-state index < -0.39 is 11.8 Å². The molecule has 1 aromatic carbocycles. The van der Waals surface area contributed by atoms with E-state index in [1.807, 2.05) is 0 Å². The van der Waals surface area contributed by atoms with Gasteiger partial charge < -0.3 is 5.11 Å². The molecule has 1 aliphatic heterocycles. The van der Waals surface area contributed by atoms with Crippen molar-refractivity contribution in [1.29, 1.82) is 0 Å². The van der Waals surface area contributed by atoms with Crippen LogP contribution in [0.4, 0.5) is 10.1 Å². The van der Waals surface area contributed by atoms with Crippen molar-refractivity contribution in [3.8, 4) is 0 Å². The summed E-state index contributed by atoms with van der Waals surface area (Å²) < 4.78 is 14.0. The van der Waals surface area contributed by atoms with E-state index in [-0.39, 0.29) is 34.9 Å². The number of nitrogens with zero attached hydrogens (tertiary/aromatic N) is 1. The van der Waals surface area contributed by atoms with Gasteiger partial charge in [-0.2, -0.15) is 0 Å². The van der Waals surface area contributed by atoms with Crippen molar-refractivity contribution in [2.75, 3.05) is 4.90 Å². The van der Waals surface area contributed by atoms with Crippen LogP contribution in [0.15, 0.2) is 18.2 Å². The molecule has 0 bridgehead atoms. The van der Waals surface area contributed by atoms with Gasteiger partial charge in [-0.05, 0) is 31.0 Å². The molecule has 0 aromatic heterocycles. The average Bonchev–Trinajstić information content (AvgIpc) is 2.96. The topological polar surface area (TPSA) is 74.7 Å². The Hall–Kier alpha value is -2.24. The molecular formula is C14H12FNO4. The highest BCUT2D eigenvalue weighted by molar-refractivity contribution is 6.22. The predicted octanol–water partition coefficient (Wildman–Crippen LogP) is 1.81. The van der Waals surface area contributed by atoms with Crippen LogP contribution in [-0.4, -0.2) is 22.9 Å². The van der Waals surface area contributed by atoms with Crippen molar-refractivity contribution in [3.63, 3.8) is 0 Å². The molecule has 0 spiro atoms. The van der Waals surface area contributed by atoms with E-state index in [0.717, 1.165) is 17.4 Å². The zero-order valence-electron chi connectivity index (χ0n) is 10.5. The number of aromatic carboxylic acids is 1. The van der Waals surface area contributed by atoms with Crippen LogP contribution < -0.4 is 4.90 Å². The van der Waals surface area contributed by atoms with Crippen LogP contribution in [0, 0.1) is 17.7 Å². The van der Waals surface area contributed by atoms with Crippen molar-refractivity contribution in [2.24, 2.45) is 11.8 Å². The summed E-state index contributed by atoms with van der Waals surface area (Å²) in [4.78, 5) is 36.0. The number of fused-ring (bicyclic) bond motifs is 1. The lowest BCUT2D eigenvalue weighted by atomic mass is 10.00. The monoisotopic (exact) mass is 277 g/mol. The molecule has 0 radical (unpaired) electrons. The van der Waals surface area contributed by atoms with Gasteiger partial charge in [-0.1, -0.05) is 6.42 Å². The fourth-order valence-electron chi connectivity index (χ4n) is 3.05.